The first-order valence-electron chi connectivity index (χ1n) is 5.96. The number of ether oxygens (including phenoxy) is 1. The van der Waals surface area contributed by atoms with Gasteiger partial charge in [-0.25, -0.2) is 4.98 Å². The first kappa shape index (κ1) is 14.3. The molecule has 1 aromatic heterocycles. The Bertz CT molecular complexity index is 632. The molecule has 0 saturated carbocycles. The normalized spacial score (nSPS) is 10.1. The van der Waals surface area contributed by atoms with Gasteiger partial charge in [0.15, 0.2) is 5.82 Å². The molecule has 3 N–H and O–H groups in total. The number of carbonyl (C=O) groups excluding carboxylic acids is 1. The van der Waals surface area contributed by atoms with E-state index in [-0.39, 0.29) is 12.6 Å². The quantitative estimate of drug-likeness (QED) is 0.662. The maximum atomic E-state index is 10.8. The van der Waals surface area contributed by atoms with Crippen LogP contribution in [0.15, 0.2) is 41.0 Å². The number of nitrogens with two attached hydrogens (primary N) is 1. The summed E-state index contributed by atoms with van der Waals surface area (Å²) >= 11 is 3.30. The minimum absolute atomic E-state index is 0.242. The van der Waals surface area contributed by atoms with E-state index in [1.165, 1.54) is 6.92 Å². The average molecular weight is 336 g/mol. The lowest BCUT2D eigenvalue weighted by molar-refractivity contribution is -0.142. The van der Waals surface area contributed by atoms with E-state index in [2.05, 4.69) is 26.2 Å². The second kappa shape index (κ2) is 6.38. The Morgan fingerprint density at radius 1 is 1.40 bits per heavy atom. The maximum Gasteiger partial charge on any atom is 0.302 e. The summed E-state index contributed by atoms with van der Waals surface area (Å²) < 4.78 is 5.66. The number of esters is 1. The Morgan fingerprint density at radius 3 is 2.95 bits per heavy atom. The van der Waals surface area contributed by atoms with Crippen LogP contribution in [0.4, 0.5) is 17.2 Å². The second-order valence-corrected chi connectivity index (χ2v) is 4.99. The van der Waals surface area contributed by atoms with Crippen molar-refractivity contribution in [3.8, 4) is 0 Å². The summed E-state index contributed by atoms with van der Waals surface area (Å²) in [5.41, 5.74) is 8.13. The Hall–Kier alpha value is -2.08. The Morgan fingerprint density at radius 2 is 2.20 bits per heavy atom. The van der Waals surface area contributed by atoms with Gasteiger partial charge in [0, 0.05) is 12.6 Å². The van der Waals surface area contributed by atoms with Crippen molar-refractivity contribution in [2.24, 2.45) is 0 Å². The van der Waals surface area contributed by atoms with Gasteiger partial charge in [-0.1, -0.05) is 12.1 Å². The molecular weight excluding hydrogens is 322 g/mol. The summed E-state index contributed by atoms with van der Waals surface area (Å²) in [6, 6.07) is 11.1. The minimum Gasteiger partial charge on any atom is -0.461 e. The number of hydrogen-bond acceptors (Lipinski definition) is 5. The third-order valence-corrected chi connectivity index (χ3v) is 2.97. The summed E-state index contributed by atoms with van der Waals surface area (Å²) in [6.07, 6.45) is 0. The molecule has 104 valence electrons. The molecule has 0 amide bonds. The van der Waals surface area contributed by atoms with Gasteiger partial charge < -0.3 is 15.8 Å². The highest BCUT2D eigenvalue weighted by molar-refractivity contribution is 9.10. The highest BCUT2D eigenvalue weighted by atomic mass is 79.9. The Balaban J connectivity index is 2.15. The minimum atomic E-state index is -0.304. The van der Waals surface area contributed by atoms with Gasteiger partial charge in [0.1, 0.15) is 11.2 Å². The Labute approximate surface area is 125 Å². The lowest BCUT2D eigenvalue weighted by Gasteiger charge is -2.10. The number of hydrogen-bond donors (Lipinski definition) is 2. The summed E-state index contributed by atoms with van der Waals surface area (Å²) in [7, 11) is 0. The zero-order chi connectivity index (χ0) is 14.5. The van der Waals surface area contributed by atoms with Gasteiger partial charge in [-0.15, -0.1) is 0 Å². The predicted octanol–water partition coefficient (Wildman–Crippen LogP) is 3.23. The molecular formula is C14H14BrN3O2. The molecule has 0 aliphatic rings. The number of halogens is 1. The zero-order valence-electron chi connectivity index (χ0n) is 10.9. The van der Waals surface area contributed by atoms with E-state index in [1.807, 2.05) is 24.3 Å². The molecule has 0 radical (unpaired) electrons. The molecule has 5 nitrogen and oxygen atoms in total. The number of aromatic nitrogens is 1. The molecule has 2 aromatic rings. The molecule has 0 spiro atoms. The summed E-state index contributed by atoms with van der Waals surface area (Å²) in [5.74, 6) is 0.269. The van der Waals surface area contributed by atoms with Crippen molar-refractivity contribution in [1.82, 2.24) is 4.98 Å². The fourth-order valence-corrected chi connectivity index (χ4v) is 1.92. The van der Waals surface area contributed by atoms with Gasteiger partial charge in [-0.3, -0.25) is 4.79 Å². The van der Waals surface area contributed by atoms with Crippen molar-refractivity contribution < 1.29 is 9.53 Å². The second-order valence-electron chi connectivity index (χ2n) is 4.18. The number of benzene rings is 1. The van der Waals surface area contributed by atoms with E-state index in [1.54, 1.807) is 12.1 Å². The van der Waals surface area contributed by atoms with Crippen molar-refractivity contribution in [3.63, 3.8) is 0 Å². The highest BCUT2D eigenvalue weighted by Crippen LogP contribution is 2.23. The van der Waals surface area contributed by atoms with Crippen LogP contribution < -0.4 is 11.1 Å². The number of nitrogens with one attached hydrogen (secondary N) is 1. The van der Waals surface area contributed by atoms with Crippen LogP contribution in [0.3, 0.4) is 0 Å². The predicted molar refractivity (Wildman–Crippen MR) is 81.5 cm³/mol. The smallest absolute Gasteiger partial charge is 0.302 e. The lowest BCUT2D eigenvalue weighted by atomic mass is 10.2. The van der Waals surface area contributed by atoms with Gasteiger partial charge in [0.25, 0.3) is 0 Å². The first-order chi connectivity index (χ1) is 9.54. The number of nitrogens with zero attached hydrogens (tertiary/aromatic N) is 1. The number of nitrogen functional groups attached to an aromatic ring is 1. The molecule has 0 saturated heterocycles. The van der Waals surface area contributed by atoms with E-state index in [4.69, 9.17) is 10.5 Å². The van der Waals surface area contributed by atoms with Gasteiger partial charge in [-0.2, -0.15) is 0 Å². The monoisotopic (exact) mass is 335 g/mol. The van der Waals surface area contributed by atoms with Crippen LogP contribution in [0.2, 0.25) is 0 Å². The van der Waals surface area contributed by atoms with Crippen LogP contribution in [0.1, 0.15) is 12.5 Å². The van der Waals surface area contributed by atoms with Crippen molar-refractivity contribution >= 4 is 39.1 Å². The third-order valence-electron chi connectivity index (χ3n) is 2.52. The molecule has 0 atom stereocenters. The van der Waals surface area contributed by atoms with Crippen LogP contribution in [-0.4, -0.2) is 11.0 Å². The lowest BCUT2D eigenvalue weighted by Crippen LogP contribution is -2.01. The molecule has 1 aromatic carbocycles. The van der Waals surface area contributed by atoms with Gasteiger partial charge >= 0.3 is 5.97 Å². The van der Waals surface area contributed by atoms with Gasteiger partial charge in [0.05, 0.1) is 5.69 Å². The molecule has 0 unspecified atom stereocenters. The van der Waals surface area contributed by atoms with Crippen LogP contribution >= 0.6 is 15.9 Å². The summed E-state index contributed by atoms with van der Waals surface area (Å²) in [6.45, 7) is 1.63. The van der Waals surface area contributed by atoms with Crippen LogP contribution in [0.25, 0.3) is 0 Å². The number of carbonyl (C=O) groups is 1. The van der Waals surface area contributed by atoms with Gasteiger partial charge in [-0.05, 0) is 45.8 Å². The maximum absolute atomic E-state index is 10.8. The Kier molecular flexibility index (Phi) is 4.57. The van der Waals surface area contributed by atoms with Crippen LogP contribution in [0, 0.1) is 0 Å². The van der Waals surface area contributed by atoms with E-state index < -0.39 is 0 Å². The fourth-order valence-electron chi connectivity index (χ4n) is 1.61. The molecule has 20 heavy (non-hydrogen) atoms. The van der Waals surface area contributed by atoms with E-state index in [9.17, 15) is 4.79 Å². The largest absolute Gasteiger partial charge is 0.461 e. The van der Waals surface area contributed by atoms with Crippen molar-refractivity contribution in [2.45, 2.75) is 13.5 Å². The standard InChI is InChI=1S/C14H14BrN3O2/c1-9(19)20-8-10-3-2-4-11(7-10)17-14-12(16)5-6-13(15)18-14/h2-7H,8,16H2,1H3,(H,17,18). The summed E-state index contributed by atoms with van der Waals surface area (Å²) in [4.78, 5) is 15.1. The topological polar surface area (TPSA) is 77.2 Å². The molecule has 0 aliphatic carbocycles. The third kappa shape index (κ3) is 3.96. The average Bonchev–Trinajstić information content (AvgIpc) is 2.41. The highest BCUT2D eigenvalue weighted by Gasteiger charge is 2.04. The molecule has 0 aliphatic heterocycles. The molecule has 1 heterocycles. The van der Waals surface area contributed by atoms with Crippen LogP contribution in [0.5, 0.6) is 0 Å². The SMILES string of the molecule is CC(=O)OCc1cccc(Nc2nc(Br)ccc2N)c1. The van der Waals surface area contributed by atoms with E-state index in [0.717, 1.165) is 11.3 Å². The van der Waals surface area contributed by atoms with Crippen LogP contribution in [-0.2, 0) is 16.1 Å². The van der Waals surface area contributed by atoms with E-state index in [0.29, 0.717) is 16.1 Å². The zero-order valence-corrected chi connectivity index (χ0v) is 12.5. The summed E-state index contributed by atoms with van der Waals surface area (Å²) in [5, 5.41) is 3.13. The molecule has 0 fully saturated rings. The van der Waals surface area contributed by atoms with Gasteiger partial charge in [0.2, 0.25) is 0 Å². The van der Waals surface area contributed by atoms with E-state index >= 15 is 0 Å². The number of anilines is 3. The molecule has 2 rings (SSSR count). The van der Waals surface area contributed by atoms with Crippen molar-refractivity contribution in [2.75, 3.05) is 11.1 Å². The van der Waals surface area contributed by atoms with Crippen molar-refractivity contribution in [3.05, 3.63) is 46.6 Å². The molecule has 6 heteroatoms. The molecule has 0 bridgehead atoms. The first-order valence-corrected chi connectivity index (χ1v) is 6.75. The fraction of sp³-hybridized carbons (Fsp3) is 0.143. The number of rotatable bonds is 4. The number of pyridine rings is 1. The van der Waals surface area contributed by atoms with Crippen molar-refractivity contribution in [1.29, 1.82) is 0 Å².